The first-order valence-electron chi connectivity index (χ1n) is 3.64. The van der Waals surface area contributed by atoms with Crippen LogP contribution in [0.1, 0.15) is 26.7 Å². The van der Waals surface area contributed by atoms with Crippen LogP contribution in [-0.2, 0) is 4.74 Å². The minimum atomic E-state index is 0.833. The average molecular weight is 128 g/mol. The minimum Gasteiger partial charge on any atom is -0.381 e. The summed E-state index contributed by atoms with van der Waals surface area (Å²) < 4.78 is 5.13. The topological polar surface area (TPSA) is 9.23 Å². The zero-order valence-electron chi connectivity index (χ0n) is 6.39. The summed E-state index contributed by atoms with van der Waals surface area (Å²) in [5.41, 5.74) is 0. The molecule has 0 amide bonds. The van der Waals surface area contributed by atoms with Crippen molar-refractivity contribution in [1.29, 1.82) is 0 Å². The Kier molecular flexibility index (Phi) is 7.44. The maximum absolute atomic E-state index is 5.13. The van der Waals surface area contributed by atoms with Crippen LogP contribution in [-0.4, -0.2) is 13.2 Å². The zero-order chi connectivity index (χ0) is 6.95. The number of hydrogen-bond donors (Lipinski definition) is 0. The highest BCUT2D eigenvalue weighted by atomic mass is 16.5. The lowest BCUT2D eigenvalue weighted by Gasteiger charge is -1.93. The SMILES string of the molecule is CCC=CCCOCC. The van der Waals surface area contributed by atoms with Gasteiger partial charge in [-0.25, -0.2) is 0 Å². The highest BCUT2D eigenvalue weighted by Crippen LogP contribution is 1.86. The molecule has 0 spiro atoms. The molecule has 0 aliphatic carbocycles. The van der Waals surface area contributed by atoms with E-state index in [2.05, 4.69) is 19.1 Å². The molecule has 0 N–H and O–H groups in total. The molecule has 9 heavy (non-hydrogen) atoms. The maximum atomic E-state index is 5.13. The van der Waals surface area contributed by atoms with Crippen molar-refractivity contribution in [3.05, 3.63) is 12.2 Å². The predicted octanol–water partition coefficient (Wildman–Crippen LogP) is 2.38. The van der Waals surface area contributed by atoms with E-state index in [1.807, 2.05) is 6.92 Å². The van der Waals surface area contributed by atoms with Gasteiger partial charge in [0.15, 0.2) is 0 Å². The molecule has 1 nitrogen and oxygen atoms in total. The van der Waals surface area contributed by atoms with Gasteiger partial charge in [-0.15, -0.1) is 0 Å². The summed E-state index contributed by atoms with van der Waals surface area (Å²) in [5.74, 6) is 0. The molecule has 0 aromatic carbocycles. The molecule has 0 rings (SSSR count). The Hall–Kier alpha value is -0.300. The summed E-state index contributed by atoms with van der Waals surface area (Å²) in [6.45, 7) is 5.85. The molecular formula is C8H16O. The van der Waals surface area contributed by atoms with Crippen LogP contribution >= 0.6 is 0 Å². The van der Waals surface area contributed by atoms with Gasteiger partial charge in [-0.1, -0.05) is 19.1 Å². The molecule has 0 aromatic heterocycles. The van der Waals surface area contributed by atoms with E-state index >= 15 is 0 Å². The van der Waals surface area contributed by atoms with E-state index in [1.165, 1.54) is 0 Å². The summed E-state index contributed by atoms with van der Waals surface area (Å²) >= 11 is 0. The van der Waals surface area contributed by atoms with Crippen LogP contribution < -0.4 is 0 Å². The van der Waals surface area contributed by atoms with Crippen molar-refractivity contribution in [1.82, 2.24) is 0 Å². The second kappa shape index (κ2) is 7.70. The normalized spacial score (nSPS) is 10.9. The maximum Gasteiger partial charge on any atom is 0.0500 e. The highest BCUT2D eigenvalue weighted by molar-refractivity contribution is 4.79. The van der Waals surface area contributed by atoms with Crippen molar-refractivity contribution in [2.75, 3.05) is 13.2 Å². The van der Waals surface area contributed by atoms with Crippen LogP contribution in [0.25, 0.3) is 0 Å². The molecule has 0 radical (unpaired) electrons. The largest absolute Gasteiger partial charge is 0.381 e. The Balaban J connectivity index is 2.82. The summed E-state index contributed by atoms with van der Waals surface area (Å²) in [6, 6.07) is 0. The quantitative estimate of drug-likeness (QED) is 0.408. The van der Waals surface area contributed by atoms with Crippen molar-refractivity contribution in [3.8, 4) is 0 Å². The Bertz CT molecular complexity index is 67.0. The third kappa shape index (κ3) is 7.70. The minimum absolute atomic E-state index is 0.833. The van der Waals surface area contributed by atoms with Crippen molar-refractivity contribution >= 4 is 0 Å². The number of ether oxygens (including phenoxy) is 1. The lowest BCUT2D eigenvalue weighted by molar-refractivity contribution is 0.152. The molecule has 0 atom stereocenters. The van der Waals surface area contributed by atoms with E-state index in [1.54, 1.807) is 0 Å². The molecule has 0 aliphatic heterocycles. The molecule has 0 saturated carbocycles. The fraction of sp³-hybridized carbons (Fsp3) is 0.750. The Morgan fingerprint density at radius 3 is 2.56 bits per heavy atom. The van der Waals surface area contributed by atoms with Crippen LogP contribution in [0, 0.1) is 0 Å². The van der Waals surface area contributed by atoms with Crippen molar-refractivity contribution in [3.63, 3.8) is 0 Å². The third-order valence-corrected chi connectivity index (χ3v) is 1.04. The predicted molar refractivity (Wildman–Crippen MR) is 40.5 cm³/mol. The first kappa shape index (κ1) is 8.70. The van der Waals surface area contributed by atoms with Gasteiger partial charge < -0.3 is 4.74 Å². The lowest BCUT2D eigenvalue weighted by Crippen LogP contribution is -1.90. The standard InChI is InChI=1S/C8H16O/c1-3-5-6-7-8-9-4-2/h5-6H,3-4,7-8H2,1-2H3. The molecule has 0 saturated heterocycles. The van der Waals surface area contributed by atoms with E-state index in [0.29, 0.717) is 0 Å². The number of allylic oxidation sites excluding steroid dienone is 1. The van der Waals surface area contributed by atoms with Gasteiger partial charge in [0.1, 0.15) is 0 Å². The summed E-state index contributed by atoms with van der Waals surface area (Å²) in [4.78, 5) is 0. The van der Waals surface area contributed by atoms with E-state index in [9.17, 15) is 0 Å². The van der Waals surface area contributed by atoms with Gasteiger partial charge >= 0.3 is 0 Å². The Labute approximate surface area is 57.7 Å². The van der Waals surface area contributed by atoms with Gasteiger partial charge in [0, 0.05) is 13.2 Å². The molecule has 0 unspecified atom stereocenters. The van der Waals surface area contributed by atoms with Gasteiger partial charge in [-0.2, -0.15) is 0 Å². The molecule has 0 aliphatic rings. The Morgan fingerprint density at radius 1 is 1.22 bits per heavy atom. The van der Waals surface area contributed by atoms with Crippen LogP contribution in [0.15, 0.2) is 12.2 Å². The number of rotatable bonds is 5. The molecule has 0 heterocycles. The lowest BCUT2D eigenvalue weighted by atomic mass is 10.3. The van der Waals surface area contributed by atoms with Crippen LogP contribution in [0.2, 0.25) is 0 Å². The van der Waals surface area contributed by atoms with Crippen molar-refractivity contribution in [2.45, 2.75) is 26.7 Å². The van der Waals surface area contributed by atoms with Crippen LogP contribution in [0.3, 0.4) is 0 Å². The van der Waals surface area contributed by atoms with Crippen LogP contribution in [0.5, 0.6) is 0 Å². The second-order valence-electron chi connectivity index (χ2n) is 1.87. The fourth-order valence-electron chi connectivity index (χ4n) is 0.580. The average Bonchev–Trinajstić information content (AvgIpc) is 1.89. The van der Waals surface area contributed by atoms with Crippen molar-refractivity contribution < 1.29 is 4.74 Å². The first-order chi connectivity index (χ1) is 4.41. The summed E-state index contributed by atoms with van der Waals surface area (Å²) in [6.07, 6.45) is 6.52. The third-order valence-electron chi connectivity index (χ3n) is 1.04. The number of hydrogen-bond acceptors (Lipinski definition) is 1. The first-order valence-corrected chi connectivity index (χ1v) is 3.64. The Morgan fingerprint density at radius 2 is 2.00 bits per heavy atom. The van der Waals surface area contributed by atoms with Gasteiger partial charge in [0.25, 0.3) is 0 Å². The molecule has 0 fully saturated rings. The molecule has 0 bridgehead atoms. The summed E-state index contributed by atoms with van der Waals surface area (Å²) in [5, 5.41) is 0. The smallest absolute Gasteiger partial charge is 0.0500 e. The van der Waals surface area contributed by atoms with Crippen LogP contribution in [0.4, 0.5) is 0 Å². The van der Waals surface area contributed by atoms with Crippen molar-refractivity contribution in [2.24, 2.45) is 0 Å². The molecule has 54 valence electrons. The van der Waals surface area contributed by atoms with E-state index < -0.39 is 0 Å². The summed E-state index contributed by atoms with van der Waals surface area (Å²) in [7, 11) is 0. The monoisotopic (exact) mass is 128 g/mol. The zero-order valence-corrected chi connectivity index (χ0v) is 6.39. The molecular weight excluding hydrogens is 112 g/mol. The second-order valence-corrected chi connectivity index (χ2v) is 1.87. The van der Waals surface area contributed by atoms with E-state index in [-0.39, 0.29) is 0 Å². The molecule has 0 aromatic rings. The van der Waals surface area contributed by atoms with E-state index in [4.69, 9.17) is 4.74 Å². The van der Waals surface area contributed by atoms with Gasteiger partial charge in [0.2, 0.25) is 0 Å². The van der Waals surface area contributed by atoms with Gasteiger partial charge in [-0.05, 0) is 19.8 Å². The van der Waals surface area contributed by atoms with Gasteiger partial charge in [-0.3, -0.25) is 0 Å². The fourth-order valence-corrected chi connectivity index (χ4v) is 0.580. The highest BCUT2D eigenvalue weighted by Gasteiger charge is 1.77. The molecule has 1 heteroatoms. The van der Waals surface area contributed by atoms with Gasteiger partial charge in [0.05, 0.1) is 0 Å². The van der Waals surface area contributed by atoms with E-state index in [0.717, 1.165) is 26.1 Å².